The minimum absolute atomic E-state index is 0.000970. The Bertz CT molecular complexity index is 1640. The maximum Gasteiger partial charge on any atom is 0.239 e. The summed E-state index contributed by atoms with van der Waals surface area (Å²) in [5.74, 6) is -0.00600. The zero-order chi connectivity index (χ0) is 28.3. The number of nitriles is 2. The minimum Gasteiger partial charge on any atom is -0.383 e. The molecule has 4 aromatic rings. The molecule has 0 fully saturated rings. The van der Waals surface area contributed by atoms with E-state index in [1.807, 2.05) is 24.3 Å². The van der Waals surface area contributed by atoms with Crippen molar-refractivity contribution in [2.75, 3.05) is 11.1 Å². The fraction of sp³-hybridized carbons (Fsp3) is 0.179. The van der Waals surface area contributed by atoms with Gasteiger partial charge in [-0.05, 0) is 42.2 Å². The van der Waals surface area contributed by atoms with Crippen LogP contribution in [0, 0.1) is 22.7 Å². The van der Waals surface area contributed by atoms with Gasteiger partial charge < -0.3 is 11.1 Å². The van der Waals surface area contributed by atoms with Gasteiger partial charge in [0.15, 0.2) is 5.13 Å². The number of thiazole rings is 1. The second-order valence-corrected chi connectivity index (χ2v) is 11.9. The highest BCUT2D eigenvalue weighted by molar-refractivity contribution is 8.00. The van der Waals surface area contributed by atoms with Crippen molar-refractivity contribution in [2.24, 2.45) is 0 Å². The topological polar surface area (TPSA) is 128 Å². The predicted molar refractivity (Wildman–Crippen MR) is 159 cm³/mol. The lowest BCUT2D eigenvalue weighted by Crippen LogP contribution is -2.22. The van der Waals surface area contributed by atoms with E-state index in [4.69, 9.17) is 28.9 Å². The summed E-state index contributed by atoms with van der Waals surface area (Å²) < 4.78 is 0. The number of carbonyl (C=O) groups excluding carboxylic acids is 1. The number of hydrogen-bond donors (Lipinski definition) is 2. The van der Waals surface area contributed by atoms with Crippen molar-refractivity contribution in [3.8, 4) is 34.5 Å². The number of nitrogens with one attached hydrogen (secondary N) is 1. The number of halogens is 2. The minimum atomic E-state index is -0.653. The number of nitrogens with two attached hydrogens (primary N) is 1. The molecular weight excluding hydrogens is 571 g/mol. The van der Waals surface area contributed by atoms with Crippen LogP contribution in [-0.2, 0) is 4.79 Å². The molecule has 0 aliphatic heterocycles. The third-order valence-corrected chi connectivity index (χ3v) is 8.27. The van der Waals surface area contributed by atoms with Crippen molar-refractivity contribution < 1.29 is 4.79 Å². The van der Waals surface area contributed by atoms with Gasteiger partial charge in [0, 0.05) is 21.5 Å². The first-order valence-electron chi connectivity index (χ1n) is 11.7. The fourth-order valence-corrected chi connectivity index (χ4v) is 5.92. The van der Waals surface area contributed by atoms with Crippen LogP contribution < -0.4 is 11.1 Å². The molecule has 0 radical (unpaired) electrons. The van der Waals surface area contributed by atoms with Gasteiger partial charge in [0.25, 0.3) is 0 Å². The maximum atomic E-state index is 13.0. The van der Waals surface area contributed by atoms with Crippen LogP contribution in [0.2, 0.25) is 10.0 Å². The van der Waals surface area contributed by atoms with E-state index in [1.165, 1.54) is 11.3 Å². The standard InChI is InChI=1S/C28H22Cl2N6OS2/c1-14(2)16-4-6-17(7-5-16)24-20(11-31)25(33)35-27(21(24)12-32)39-15(3)26(37)36-28-34-23(13-38-28)19-9-8-18(29)10-22(19)30/h4-10,13-15H,1-3H3,(H2,33,35)(H,34,36,37). The van der Waals surface area contributed by atoms with Crippen molar-refractivity contribution in [1.29, 1.82) is 10.5 Å². The Morgan fingerprint density at radius 3 is 2.36 bits per heavy atom. The Labute approximate surface area is 244 Å². The summed E-state index contributed by atoms with van der Waals surface area (Å²) in [4.78, 5) is 21.8. The fourth-order valence-electron chi connectivity index (χ4n) is 3.79. The average Bonchev–Trinajstić information content (AvgIpc) is 3.36. The number of pyridine rings is 1. The molecular formula is C28H22Cl2N6OS2. The van der Waals surface area contributed by atoms with Crippen LogP contribution in [0.5, 0.6) is 0 Å². The first-order valence-corrected chi connectivity index (χ1v) is 14.3. The molecule has 0 spiro atoms. The smallest absolute Gasteiger partial charge is 0.239 e. The number of benzene rings is 2. The van der Waals surface area contributed by atoms with Crippen LogP contribution in [0.25, 0.3) is 22.4 Å². The number of nitrogens with zero attached hydrogens (tertiary/aromatic N) is 4. The average molecular weight is 594 g/mol. The molecule has 2 aromatic carbocycles. The van der Waals surface area contributed by atoms with E-state index < -0.39 is 5.25 Å². The van der Waals surface area contributed by atoms with E-state index in [0.717, 1.165) is 17.3 Å². The van der Waals surface area contributed by atoms with Gasteiger partial charge in [-0.1, -0.05) is 73.1 Å². The van der Waals surface area contributed by atoms with Crippen molar-refractivity contribution in [2.45, 2.75) is 37.0 Å². The van der Waals surface area contributed by atoms with Gasteiger partial charge in [-0.25, -0.2) is 9.97 Å². The lowest BCUT2D eigenvalue weighted by Gasteiger charge is -2.16. The molecule has 2 aromatic heterocycles. The molecule has 1 amide bonds. The second-order valence-electron chi connectivity index (χ2n) is 8.84. The molecule has 7 nitrogen and oxygen atoms in total. The van der Waals surface area contributed by atoms with E-state index >= 15 is 0 Å². The van der Waals surface area contributed by atoms with Gasteiger partial charge >= 0.3 is 0 Å². The number of carbonyl (C=O) groups is 1. The Morgan fingerprint density at radius 2 is 1.74 bits per heavy atom. The van der Waals surface area contributed by atoms with Crippen molar-refractivity contribution in [3.05, 3.63) is 74.6 Å². The van der Waals surface area contributed by atoms with Crippen LogP contribution in [0.1, 0.15) is 43.4 Å². The Kier molecular flexibility index (Phi) is 8.79. The molecule has 2 heterocycles. The molecule has 39 heavy (non-hydrogen) atoms. The second kappa shape index (κ2) is 12.1. The van der Waals surface area contributed by atoms with Crippen molar-refractivity contribution >= 4 is 63.2 Å². The van der Waals surface area contributed by atoms with Crippen LogP contribution in [-0.4, -0.2) is 21.1 Å². The van der Waals surface area contributed by atoms with Gasteiger partial charge in [0.05, 0.1) is 21.5 Å². The SMILES string of the molecule is CC(Sc1nc(N)c(C#N)c(-c2ccc(C(C)C)cc2)c1C#N)C(=O)Nc1nc(-c2ccc(Cl)cc2Cl)cs1. The summed E-state index contributed by atoms with van der Waals surface area (Å²) in [5, 5.41) is 25.4. The molecule has 0 aliphatic carbocycles. The first-order chi connectivity index (χ1) is 18.6. The molecule has 0 bridgehead atoms. The van der Waals surface area contributed by atoms with E-state index in [-0.39, 0.29) is 27.9 Å². The highest BCUT2D eigenvalue weighted by atomic mass is 35.5. The maximum absolute atomic E-state index is 13.0. The lowest BCUT2D eigenvalue weighted by atomic mass is 9.94. The van der Waals surface area contributed by atoms with Crippen LogP contribution in [0.4, 0.5) is 10.9 Å². The molecule has 0 aliphatic rings. The highest BCUT2D eigenvalue weighted by Crippen LogP contribution is 2.38. The molecule has 1 unspecified atom stereocenters. The number of amides is 1. The zero-order valence-electron chi connectivity index (χ0n) is 21.1. The number of anilines is 2. The molecule has 3 N–H and O–H groups in total. The van der Waals surface area contributed by atoms with E-state index in [2.05, 4.69) is 41.3 Å². The summed E-state index contributed by atoms with van der Waals surface area (Å²) in [6, 6.07) is 17.0. The quantitative estimate of drug-likeness (QED) is 0.210. The number of nitrogen functional groups attached to an aromatic ring is 1. The lowest BCUT2D eigenvalue weighted by molar-refractivity contribution is -0.115. The molecule has 0 saturated heterocycles. The van der Waals surface area contributed by atoms with Crippen molar-refractivity contribution in [3.63, 3.8) is 0 Å². The van der Waals surface area contributed by atoms with Gasteiger partial charge in [0.1, 0.15) is 28.5 Å². The zero-order valence-corrected chi connectivity index (χ0v) is 24.3. The number of aromatic nitrogens is 2. The van der Waals surface area contributed by atoms with E-state index in [0.29, 0.717) is 43.5 Å². The normalized spacial score (nSPS) is 11.6. The Morgan fingerprint density at radius 1 is 1.05 bits per heavy atom. The van der Waals surface area contributed by atoms with Gasteiger partial charge in [-0.15, -0.1) is 11.3 Å². The van der Waals surface area contributed by atoms with E-state index in [9.17, 15) is 15.3 Å². The molecule has 4 rings (SSSR count). The molecule has 0 saturated carbocycles. The van der Waals surface area contributed by atoms with Gasteiger partial charge in [-0.2, -0.15) is 10.5 Å². The van der Waals surface area contributed by atoms with Gasteiger partial charge in [-0.3, -0.25) is 4.79 Å². The van der Waals surface area contributed by atoms with Gasteiger partial charge in [0.2, 0.25) is 5.91 Å². The summed E-state index contributed by atoms with van der Waals surface area (Å²) in [7, 11) is 0. The largest absolute Gasteiger partial charge is 0.383 e. The van der Waals surface area contributed by atoms with Crippen LogP contribution in [0.3, 0.4) is 0 Å². The number of thioether (sulfide) groups is 1. The Hall–Kier alpha value is -3.60. The third kappa shape index (κ3) is 6.19. The van der Waals surface area contributed by atoms with Crippen LogP contribution in [0.15, 0.2) is 52.9 Å². The number of hydrogen-bond acceptors (Lipinski definition) is 8. The predicted octanol–water partition coefficient (Wildman–Crippen LogP) is 7.75. The summed E-state index contributed by atoms with van der Waals surface area (Å²) >= 11 is 14.6. The first kappa shape index (κ1) is 28.4. The monoisotopic (exact) mass is 592 g/mol. The number of rotatable bonds is 7. The van der Waals surface area contributed by atoms with Crippen molar-refractivity contribution in [1.82, 2.24) is 9.97 Å². The Balaban J connectivity index is 1.59. The van der Waals surface area contributed by atoms with Crippen LogP contribution >= 0.6 is 46.3 Å². The molecule has 11 heteroatoms. The molecule has 196 valence electrons. The third-order valence-electron chi connectivity index (χ3n) is 5.88. The summed E-state index contributed by atoms with van der Waals surface area (Å²) in [6.07, 6.45) is 0. The summed E-state index contributed by atoms with van der Waals surface area (Å²) in [6.45, 7) is 5.86. The highest BCUT2D eigenvalue weighted by Gasteiger charge is 2.25. The van der Waals surface area contributed by atoms with E-state index in [1.54, 1.807) is 30.5 Å². The summed E-state index contributed by atoms with van der Waals surface area (Å²) in [5.41, 5.74) is 9.98. The molecule has 1 atom stereocenters.